The van der Waals surface area contributed by atoms with Gasteiger partial charge in [-0.05, 0) is 0 Å². The van der Waals surface area contributed by atoms with Crippen LogP contribution in [0.5, 0.6) is 11.5 Å². The lowest BCUT2D eigenvalue weighted by Gasteiger charge is -2.11. The number of rotatable bonds is 12. The molecule has 1 aliphatic rings. The highest BCUT2D eigenvalue weighted by atomic mass is 16.6. The summed E-state index contributed by atoms with van der Waals surface area (Å²) in [6, 6.07) is 0.479. The van der Waals surface area contributed by atoms with E-state index in [0.29, 0.717) is 33.0 Å². The lowest BCUT2D eigenvalue weighted by Crippen LogP contribution is -2.18. The fraction of sp³-hybridized carbons (Fsp3) is 0.562. The largest absolute Gasteiger partial charge is 0.503 e. The van der Waals surface area contributed by atoms with Gasteiger partial charge < -0.3 is 33.9 Å². The third-order valence-electron chi connectivity index (χ3n) is 3.31. The summed E-state index contributed by atoms with van der Waals surface area (Å²) < 4.78 is 26.1. The van der Waals surface area contributed by atoms with Gasteiger partial charge in [-0.3, -0.25) is 0 Å². The minimum absolute atomic E-state index is 0.0233. The molecular formula is C16H22N2O8. The van der Waals surface area contributed by atoms with E-state index in [4.69, 9.17) is 28.8 Å². The molecule has 0 saturated carbocycles. The summed E-state index contributed by atoms with van der Waals surface area (Å²) in [6.07, 6.45) is 1.41. The number of aliphatic imine (C=N–C) groups is 1. The van der Waals surface area contributed by atoms with Crippen LogP contribution in [0, 0.1) is 0 Å². The standard InChI is InChI=1S/C16H22N2O8/c1-22-4-5-23-6-7-24-8-9-25-12-2-3-17-13(14(12)19)15-18-11(10-26-15)16(20)21/h2-3,11,19H,4-10H2,1H3,(H,20,21)/t11-/m1/s1. The summed E-state index contributed by atoms with van der Waals surface area (Å²) in [5.41, 5.74) is 0.0405. The average Bonchev–Trinajstić information content (AvgIpc) is 3.12. The monoisotopic (exact) mass is 370 g/mol. The molecule has 26 heavy (non-hydrogen) atoms. The van der Waals surface area contributed by atoms with Crippen molar-refractivity contribution >= 4 is 11.9 Å². The molecule has 0 aromatic carbocycles. The smallest absolute Gasteiger partial charge is 0.332 e. The number of aromatic hydroxyl groups is 1. The van der Waals surface area contributed by atoms with E-state index in [2.05, 4.69) is 9.98 Å². The number of aliphatic carboxylic acids is 1. The molecule has 10 heteroatoms. The molecule has 0 bridgehead atoms. The minimum atomic E-state index is -1.10. The van der Waals surface area contributed by atoms with E-state index >= 15 is 0 Å². The van der Waals surface area contributed by atoms with Gasteiger partial charge in [0.25, 0.3) is 0 Å². The Morgan fingerprint density at radius 2 is 1.92 bits per heavy atom. The highest BCUT2D eigenvalue weighted by Crippen LogP contribution is 2.30. The number of hydrogen-bond acceptors (Lipinski definition) is 9. The summed E-state index contributed by atoms with van der Waals surface area (Å²) in [4.78, 5) is 18.8. The second-order valence-corrected chi connectivity index (χ2v) is 5.17. The average molecular weight is 370 g/mol. The molecular weight excluding hydrogens is 348 g/mol. The highest BCUT2D eigenvalue weighted by molar-refractivity contribution is 5.98. The van der Waals surface area contributed by atoms with E-state index in [1.165, 1.54) is 12.3 Å². The van der Waals surface area contributed by atoms with Gasteiger partial charge in [0.1, 0.15) is 13.2 Å². The molecule has 1 aromatic rings. The molecule has 2 rings (SSSR count). The van der Waals surface area contributed by atoms with Gasteiger partial charge in [0, 0.05) is 19.4 Å². The minimum Gasteiger partial charge on any atom is -0.503 e. The van der Waals surface area contributed by atoms with Crippen LogP contribution in [0.4, 0.5) is 0 Å². The number of ether oxygens (including phenoxy) is 5. The molecule has 1 aliphatic heterocycles. The third-order valence-corrected chi connectivity index (χ3v) is 3.31. The van der Waals surface area contributed by atoms with E-state index in [9.17, 15) is 9.90 Å². The first kappa shape index (κ1) is 19.9. The number of carbonyl (C=O) groups is 1. The molecule has 10 nitrogen and oxygen atoms in total. The Balaban J connectivity index is 1.77. The molecule has 0 radical (unpaired) electrons. The number of aromatic nitrogens is 1. The number of methoxy groups -OCH3 is 1. The normalized spacial score (nSPS) is 16.2. The van der Waals surface area contributed by atoms with Crippen LogP contribution < -0.4 is 4.74 Å². The zero-order valence-electron chi connectivity index (χ0n) is 14.4. The summed E-state index contributed by atoms with van der Waals surface area (Å²) in [6.45, 7) is 2.34. The first-order chi connectivity index (χ1) is 12.6. The first-order valence-corrected chi connectivity index (χ1v) is 8.02. The summed E-state index contributed by atoms with van der Waals surface area (Å²) in [5.74, 6) is -1.21. The summed E-state index contributed by atoms with van der Waals surface area (Å²) in [7, 11) is 1.60. The second-order valence-electron chi connectivity index (χ2n) is 5.17. The zero-order valence-corrected chi connectivity index (χ0v) is 14.4. The van der Waals surface area contributed by atoms with Crippen LogP contribution in [0.2, 0.25) is 0 Å². The van der Waals surface area contributed by atoms with Crippen molar-refractivity contribution in [2.45, 2.75) is 6.04 Å². The van der Waals surface area contributed by atoms with E-state index < -0.39 is 12.0 Å². The number of carboxylic acid groups (broad SMARTS) is 1. The third kappa shape index (κ3) is 5.83. The van der Waals surface area contributed by atoms with Crippen molar-refractivity contribution in [3.05, 3.63) is 18.0 Å². The van der Waals surface area contributed by atoms with Gasteiger partial charge in [-0.15, -0.1) is 0 Å². The molecule has 0 fully saturated rings. The molecule has 0 aliphatic carbocycles. The Morgan fingerprint density at radius 3 is 2.58 bits per heavy atom. The Morgan fingerprint density at radius 1 is 1.23 bits per heavy atom. The van der Waals surface area contributed by atoms with Crippen molar-refractivity contribution in [2.75, 3.05) is 53.4 Å². The molecule has 0 saturated heterocycles. The van der Waals surface area contributed by atoms with Crippen LogP contribution in [-0.4, -0.2) is 86.5 Å². The summed E-state index contributed by atoms with van der Waals surface area (Å²) >= 11 is 0. The van der Waals surface area contributed by atoms with Gasteiger partial charge >= 0.3 is 5.97 Å². The fourth-order valence-electron chi connectivity index (χ4n) is 2.01. The molecule has 0 unspecified atom stereocenters. The van der Waals surface area contributed by atoms with Crippen molar-refractivity contribution in [1.29, 1.82) is 0 Å². The maximum absolute atomic E-state index is 10.9. The van der Waals surface area contributed by atoms with Crippen molar-refractivity contribution in [3.63, 3.8) is 0 Å². The van der Waals surface area contributed by atoms with Gasteiger partial charge in [0.15, 0.2) is 23.2 Å². The number of carboxylic acids is 1. The summed E-state index contributed by atoms with van der Waals surface area (Å²) in [5, 5.41) is 19.2. The van der Waals surface area contributed by atoms with E-state index in [1.54, 1.807) is 7.11 Å². The van der Waals surface area contributed by atoms with Gasteiger partial charge in [0.05, 0.1) is 33.0 Å². The van der Waals surface area contributed by atoms with E-state index in [0.717, 1.165) is 0 Å². The van der Waals surface area contributed by atoms with E-state index in [-0.39, 0.29) is 36.3 Å². The number of nitrogens with zero attached hydrogens (tertiary/aromatic N) is 2. The first-order valence-electron chi connectivity index (χ1n) is 8.02. The van der Waals surface area contributed by atoms with Gasteiger partial charge in [-0.1, -0.05) is 0 Å². The predicted octanol–water partition coefficient (Wildman–Crippen LogP) is 0.0756. The fourth-order valence-corrected chi connectivity index (χ4v) is 2.01. The van der Waals surface area contributed by atoms with E-state index in [1.807, 2.05) is 0 Å². The van der Waals surface area contributed by atoms with Gasteiger partial charge in [-0.25, -0.2) is 14.8 Å². The number of hydrogen-bond donors (Lipinski definition) is 2. The van der Waals surface area contributed by atoms with Gasteiger partial charge in [-0.2, -0.15) is 0 Å². The molecule has 1 atom stereocenters. The Kier molecular flexibility index (Phi) is 8.06. The Bertz CT molecular complexity index is 622. The van der Waals surface area contributed by atoms with Crippen LogP contribution in [-0.2, 0) is 23.7 Å². The van der Waals surface area contributed by atoms with Crippen LogP contribution in [0.3, 0.4) is 0 Å². The Labute approximate surface area is 150 Å². The van der Waals surface area contributed by atoms with Crippen molar-refractivity contribution < 1.29 is 38.7 Å². The van der Waals surface area contributed by atoms with Crippen molar-refractivity contribution in [1.82, 2.24) is 4.98 Å². The van der Waals surface area contributed by atoms with Crippen molar-refractivity contribution in [2.24, 2.45) is 4.99 Å². The lowest BCUT2D eigenvalue weighted by molar-refractivity contribution is -0.138. The maximum atomic E-state index is 10.9. The molecule has 2 N–H and O–H groups in total. The van der Waals surface area contributed by atoms with Crippen LogP contribution in [0.15, 0.2) is 17.3 Å². The van der Waals surface area contributed by atoms with Crippen LogP contribution >= 0.6 is 0 Å². The predicted molar refractivity (Wildman–Crippen MR) is 88.8 cm³/mol. The van der Waals surface area contributed by atoms with Gasteiger partial charge in [0.2, 0.25) is 5.90 Å². The molecule has 1 aromatic heterocycles. The topological polar surface area (TPSA) is 129 Å². The highest BCUT2D eigenvalue weighted by Gasteiger charge is 2.29. The second kappa shape index (κ2) is 10.5. The molecule has 2 heterocycles. The maximum Gasteiger partial charge on any atom is 0.332 e. The Hall–Kier alpha value is -2.43. The molecule has 0 spiro atoms. The SMILES string of the molecule is COCCOCCOCCOc1ccnc(C2=N[C@@H](C(=O)O)CO2)c1O. The van der Waals surface area contributed by atoms with Crippen LogP contribution in [0.1, 0.15) is 5.69 Å². The van der Waals surface area contributed by atoms with Crippen molar-refractivity contribution in [3.8, 4) is 11.5 Å². The van der Waals surface area contributed by atoms with Crippen LogP contribution in [0.25, 0.3) is 0 Å². The zero-order chi connectivity index (χ0) is 18.8. The number of pyridine rings is 1. The quantitative estimate of drug-likeness (QED) is 0.491. The lowest BCUT2D eigenvalue weighted by atomic mass is 10.3. The molecule has 0 amide bonds. The molecule has 144 valence electrons.